The highest BCUT2D eigenvalue weighted by atomic mass is 16.5. The van der Waals surface area contributed by atoms with Crippen molar-refractivity contribution in [3.8, 4) is 17.2 Å². The third kappa shape index (κ3) is 3.22. The number of fused-ring (bicyclic) bond motifs is 3. The average Bonchev–Trinajstić information content (AvgIpc) is 3.09. The minimum Gasteiger partial charge on any atom is -0.507 e. The molecule has 8 heteroatoms. The number of rotatable bonds is 5. The minimum absolute atomic E-state index is 0.0161. The SMILES string of the molecule is CC(=O)c1c(O)c(C)c(O)c2c1OC1=CC(=O)C(=C(C)NCC(=O)c3ccccc3)C(=O)[C@@]12C. The van der Waals surface area contributed by atoms with Crippen LogP contribution in [0.1, 0.15) is 52.6 Å². The lowest BCUT2D eigenvalue weighted by Crippen LogP contribution is -2.41. The van der Waals surface area contributed by atoms with Crippen LogP contribution in [0, 0.1) is 6.92 Å². The van der Waals surface area contributed by atoms with Crippen LogP contribution in [0.3, 0.4) is 0 Å². The van der Waals surface area contributed by atoms with Gasteiger partial charge in [-0.05, 0) is 27.7 Å². The van der Waals surface area contributed by atoms with E-state index in [0.29, 0.717) is 5.56 Å². The second-order valence-electron chi connectivity index (χ2n) is 8.53. The Morgan fingerprint density at radius 1 is 1.06 bits per heavy atom. The van der Waals surface area contributed by atoms with Crippen molar-refractivity contribution in [2.24, 2.45) is 0 Å². The Balaban J connectivity index is 1.78. The molecule has 0 bridgehead atoms. The molecule has 0 saturated carbocycles. The van der Waals surface area contributed by atoms with Crippen LogP contribution in [0.25, 0.3) is 0 Å². The van der Waals surface area contributed by atoms with E-state index in [4.69, 9.17) is 4.74 Å². The molecule has 1 aliphatic carbocycles. The molecule has 0 amide bonds. The first-order valence-corrected chi connectivity index (χ1v) is 10.6. The molecule has 0 spiro atoms. The summed E-state index contributed by atoms with van der Waals surface area (Å²) >= 11 is 0. The number of phenolic OH excluding ortho intramolecular Hbond substituents is 2. The van der Waals surface area contributed by atoms with E-state index in [2.05, 4.69) is 5.32 Å². The van der Waals surface area contributed by atoms with Crippen molar-refractivity contribution in [2.75, 3.05) is 6.54 Å². The predicted octanol–water partition coefficient (Wildman–Crippen LogP) is 3.04. The number of carbonyl (C=O) groups is 4. The second-order valence-corrected chi connectivity index (χ2v) is 8.53. The van der Waals surface area contributed by atoms with E-state index >= 15 is 0 Å². The van der Waals surface area contributed by atoms with Crippen LogP contribution in [0.2, 0.25) is 0 Å². The molecule has 0 unspecified atom stereocenters. The molecule has 2 aliphatic rings. The molecule has 2 aromatic rings. The molecule has 0 radical (unpaired) electrons. The Kier molecular flexibility index (Phi) is 5.39. The van der Waals surface area contributed by atoms with E-state index < -0.39 is 34.3 Å². The van der Waals surface area contributed by atoms with Gasteiger partial charge in [-0.2, -0.15) is 0 Å². The van der Waals surface area contributed by atoms with Crippen LogP contribution in [-0.2, 0) is 15.0 Å². The molecular weight excluding hydrogens is 438 g/mol. The van der Waals surface area contributed by atoms with Crippen molar-refractivity contribution in [3.05, 3.63) is 75.7 Å². The van der Waals surface area contributed by atoms with E-state index in [9.17, 15) is 29.4 Å². The number of aromatic hydroxyl groups is 2. The molecule has 0 saturated heterocycles. The zero-order valence-corrected chi connectivity index (χ0v) is 19.1. The average molecular weight is 461 g/mol. The molecule has 0 aromatic heterocycles. The van der Waals surface area contributed by atoms with Gasteiger partial charge in [0.15, 0.2) is 23.1 Å². The number of benzene rings is 2. The van der Waals surface area contributed by atoms with Crippen LogP contribution in [0.15, 0.2) is 53.4 Å². The molecule has 1 aliphatic heterocycles. The normalized spacial score (nSPS) is 20.2. The maximum atomic E-state index is 13.7. The Bertz CT molecular complexity index is 1350. The number of allylic oxidation sites excluding steroid dienone is 4. The third-order valence-electron chi connectivity index (χ3n) is 6.37. The molecular formula is C26H23NO7. The van der Waals surface area contributed by atoms with Crippen LogP contribution in [0.4, 0.5) is 0 Å². The summed E-state index contributed by atoms with van der Waals surface area (Å²) < 4.78 is 5.73. The lowest BCUT2D eigenvalue weighted by atomic mass is 9.70. The molecule has 4 rings (SSSR count). The topological polar surface area (TPSA) is 130 Å². The number of nitrogens with one attached hydrogen (secondary N) is 1. The summed E-state index contributed by atoms with van der Waals surface area (Å²) in [6.07, 6.45) is 1.14. The first-order valence-electron chi connectivity index (χ1n) is 10.6. The monoisotopic (exact) mass is 461 g/mol. The van der Waals surface area contributed by atoms with Crippen molar-refractivity contribution in [1.29, 1.82) is 0 Å². The summed E-state index contributed by atoms with van der Waals surface area (Å²) in [5.74, 6) is -3.05. The van der Waals surface area contributed by atoms with Gasteiger partial charge in [-0.1, -0.05) is 30.3 Å². The first kappa shape index (κ1) is 23.0. The summed E-state index contributed by atoms with van der Waals surface area (Å²) in [4.78, 5) is 51.3. The maximum absolute atomic E-state index is 13.7. The molecule has 34 heavy (non-hydrogen) atoms. The lowest BCUT2D eigenvalue weighted by molar-refractivity contribution is -0.123. The number of ether oxygens (including phenoxy) is 1. The number of Topliss-reactive ketones (excluding diaryl/α,β-unsaturated/α-hetero) is 3. The van der Waals surface area contributed by atoms with Crippen molar-refractivity contribution < 1.29 is 34.1 Å². The van der Waals surface area contributed by atoms with Gasteiger partial charge in [-0.3, -0.25) is 19.2 Å². The lowest BCUT2D eigenvalue weighted by Gasteiger charge is -2.29. The second kappa shape index (κ2) is 7.98. The fourth-order valence-electron chi connectivity index (χ4n) is 4.39. The van der Waals surface area contributed by atoms with E-state index in [0.717, 1.165) is 6.08 Å². The fourth-order valence-corrected chi connectivity index (χ4v) is 4.39. The first-order chi connectivity index (χ1) is 16.0. The van der Waals surface area contributed by atoms with Gasteiger partial charge in [0, 0.05) is 22.9 Å². The largest absolute Gasteiger partial charge is 0.507 e. The van der Waals surface area contributed by atoms with E-state index in [1.54, 1.807) is 30.3 Å². The van der Waals surface area contributed by atoms with Gasteiger partial charge in [0.2, 0.25) is 0 Å². The number of hydrogen-bond acceptors (Lipinski definition) is 8. The van der Waals surface area contributed by atoms with Gasteiger partial charge < -0.3 is 20.3 Å². The fraction of sp³-hybridized carbons (Fsp3) is 0.231. The number of hydrogen-bond donors (Lipinski definition) is 3. The highest BCUT2D eigenvalue weighted by molar-refractivity contribution is 6.31. The van der Waals surface area contributed by atoms with Crippen LogP contribution in [-0.4, -0.2) is 39.9 Å². The van der Waals surface area contributed by atoms with Crippen molar-refractivity contribution in [2.45, 2.75) is 33.1 Å². The van der Waals surface area contributed by atoms with Gasteiger partial charge in [0.25, 0.3) is 0 Å². The van der Waals surface area contributed by atoms with E-state index in [1.807, 2.05) is 0 Å². The van der Waals surface area contributed by atoms with Crippen molar-refractivity contribution in [3.63, 3.8) is 0 Å². The predicted molar refractivity (Wildman–Crippen MR) is 122 cm³/mol. The number of ketones is 4. The van der Waals surface area contributed by atoms with Gasteiger partial charge in [-0.25, -0.2) is 0 Å². The minimum atomic E-state index is -1.60. The molecule has 3 N–H and O–H groups in total. The summed E-state index contributed by atoms with van der Waals surface area (Å²) in [7, 11) is 0. The Morgan fingerprint density at radius 3 is 2.32 bits per heavy atom. The molecule has 1 atom stereocenters. The van der Waals surface area contributed by atoms with Crippen molar-refractivity contribution in [1.82, 2.24) is 5.32 Å². The highest BCUT2D eigenvalue weighted by Gasteiger charge is 2.56. The van der Waals surface area contributed by atoms with Crippen LogP contribution >= 0.6 is 0 Å². The summed E-state index contributed by atoms with van der Waals surface area (Å²) in [5.41, 5.74) is -1.23. The standard InChI is InChI=1S/C26H23NO7/c1-12-22(31)20(14(3)28)24-21(23(12)32)26(4)18(34-24)10-16(29)19(25(26)33)13(2)27-11-17(30)15-8-6-5-7-9-15/h5-10,27,31-32H,11H2,1-4H3/t26-/m0/s1. The van der Waals surface area contributed by atoms with Crippen molar-refractivity contribution >= 4 is 23.1 Å². The Labute approximate surface area is 195 Å². The molecule has 8 nitrogen and oxygen atoms in total. The van der Waals surface area contributed by atoms with E-state index in [-0.39, 0.29) is 51.8 Å². The molecule has 2 aromatic carbocycles. The van der Waals surface area contributed by atoms with Crippen LogP contribution in [0.5, 0.6) is 17.2 Å². The van der Waals surface area contributed by atoms with Crippen LogP contribution < -0.4 is 10.1 Å². The quantitative estimate of drug-likeness (QED) is 0.352. The molecule has 1 heterocycles. The summed E-state index contributed by atoms with van der Waals surface area (Å²) in [6, 6.07) is 8.59. The summed E-state index contributed by atoms with van der Waals surface area (Å²) in [6.45, 7) is 5.52. The van der Waals surface area contributed by atoms with Gasteiger partial charge in [0.05, 0.1) is 17.7 Å². The molecule has 174 valence electrons. The van der Waals surface area contributed by atoms with Gasteiger partial charge in [0.1, 0.15) is 34.0 Å². The summed E-state index contributed by atoms with van der Waals surface area (Å²) in [5, 5.41) is 24.1. The highest BCUT2D eigenvalue weighted by Crippen LogP contribution is 2.57. The Morgan fingerprint density at radius 2 is 1.71 bits per heavy atom. The zero-order chi connectivity index (χ0) is 24.9. The zero-order valence-electron chi connectivity index (χ0n) is 19.1. The molecule has 0 fully saturated rings. The van der Waals surface area contributed by atoms with Gasteiger partial charge >= 0.3 is 0 Å². The maximum Gasteiger partial charge on any atom is 0.194 e. The third-order valence-corrected chi connectivity index (χ3v) is 6.37. The van der Waals surface area contributed by atoms with Gasteiger partial charge in [-0.15, -0.1) is 0 Å². The Hall–Kier alpha value is -4.20. The number of phenols is 2. The van der Waals surface area contributed by atoms with E-state index in [1.165, 1.54) is 27.7 Å². The number of carbonyl (C=O) groups excluding carboxylic acids is 4. The smallest absolute Gasteiger partial charge is 0.194 e.